The average Bonchev–Trinajstić information content (AvgIpc) is 1.75. The van der Waals surface area contributed by atoms with Gasteiger partial charge in [0.25, 0.3) is 14.2 Å². The number of aromatic nitrogens is 1. The molecule has 9 rings (SSSR count). The van der Waals surface area contributed by atoms with Crippen molar-refractivity contribution >= 4 is 53.3 Å². The smallest absolute Gasteiger partial charge is 0.282 e. The lowest BCUT2D eigenvalue weighted by Gasteiger charge is -2.46. The minimum atomic E-state index is -3.42. The molecule has 464 valence electrons. The fraction of sp³-hybridized carbons (Fsp3) is 0.449. The Morgan fingerprint density at radius 1 is 0.828 bits per heavy atom. The standard InChI is InChI=1S/C69H83F4N5O7SSi/c1-45-34-55-54-27-19-18-22-49(54)35-56(55)62(78(45)42-69(72,73)43-85-87(68(6,7)8,52-23-14-12-15-24-52)53-25-16-13-17-26-53)61-57(70)37-51(38-58(61)71)84-33-21-11-9-10-20-32-83-41-60(80)76-64(67(3,4)5)66(82)77-40-50(79)36-59(77)65(81)74-39-47-28-30-48(31-29-47)63-46(2)75-44-86-63/h12-19,22-31,37-38,44-45,50,59,62,64,79H,9-11,20-21,32-36,39-43H2,1-8H3,(H,74,81)(H,76,80)/t45-,50-,59+,62+,64-/m1/s1. The molecule has 1 aromatic heterocycles. The summed E-state index contributed by atoms with van der Waals surface area (Å²) in [4.78, 5) is 49.2. The second-order valence-electron chi connectivity index (χ2n) is 25.7. The Morgan fingerprint density at radius 2 is 1.45 bits per heavy atom. The average molecular weight is 1230 g/mol. The van der Waals surface area contributed by atoms with Crippen molar-refractivity contribution in [2.45, 2.75) is 155 Å². The zero-order valence-corrected chi connectivity index (χ0v) is 53.1. The van der Waals surface area contributed by atoms with Gasteiger partial charge in [-0.2, -0.15) is 0 Å². The number of aryl methyl sites for hydroxylation is 1. The number of nitrogens with zero attached hydrogens (tertiary/aromatic N) is 3. The summed E-state index contributed by atoms with van der Waals surface area (Å²) in [7, 11) is -3.35. The van der Waals surface area contributed by atoms with Gasteiger partial charge < -0.3 is 34.5 Å². The third-order valence-electron chi connectivity index (χ3n) is 17.1. The van der Waals surface area contributed by atoms with Gasteiger partial charge in [-0.05, 0) is 93.8 Å². The molecule has 87 heavy (non-hydrogen) atoms. The number of thiazole rings is 1. The summed E-state index contributed by atoms with van der Waals surface area (Å²) >= 11 is 1.56. The lowest BCUT2D eigenvalue weighted by atomic mass is 9.84. The van der Waals surface area contributed by atoms with Gasteiger partial charge in [0.05, 0.1) is 48.0 Å². The van der Waals surface area contributed by atoms with Crippen LogP contribution in [0.15, 0.2) is 132 Å². The number of β-amino-alcohol motifs (C(OH)–C–C–N with tert-alkyl or cyclic N) is 1. The molecule has 3 N–H and O–H groups in total. The van der Waals surface area contributed by atoms with E-state index in [0.717, 1.165) is 80.2 Å². The molecule has 0 radical (unpaired) electrons. The summed E-state index contributed by atoms with van der Waals surface area (Å²) in [5, 5.41) is 17.6. The normalized spacial score (nSPS) is 18.6. The number of hydrogen-bond donors (Lipinski definition) is 3. The maximum atomic E-state index is 17.1. The van der Waals surface area contributed by atoms with Gasteiger partial charge >= 0.3 is 0 Å². The molecule has 5 atom stereocenters. The monoisotopic (exact) mass is 1230 g/mol. The molecule has 3 amide bonds. The Bertz CT molecular complexity index is 3310. The molecule has 2 aliphatic heterocycles. The van der Waals surface area contributed by atoms with Crippen LogP contribution in [0.2, 0.25) is 5.04 Å². The van der Waals surface area contributed by atoms with Gasteiger partial charge in [-0.1, -0.05) is 170 Å². The van der Waals surface area contributed by atoms with Gasteiger partial charge in [0.1, 0.15) is 36.1 Å². The minimum absolute atomic E-state index is 0.0127. The van der Waals surface area contributed by atoms with Crippen LogP contribution >= 0.6 is 11.3 Å². The molecule has 3 aliphatic rings. The maximum Gasteiger partial charge on any atom is 0.282 e. The Labute approximate surface area is 514 Å². The number of nitrogens with one attached hydrogen (secondary N) is 2. The van der Waals surface area contributed by atoms with Gasteiger partial charge in [-0.25, -0.2) is 22.5 Å². The SMILES string of the molecule is Cc1ncsc1-c1ccc(CNC(=O)[C@@H]2C[C@@H](O)CN2C(=O)[C@@H](NC(=O)COCCCCCCCOc2cc(F)c([C@@H]3C4=C(C[C@@H](C)N3CC(F)(F)CO[Si](c3ccccc3)(c3ccccc3)C(C)(C)C)c3ccccc3C4)c(F)c2)C(C)(C)C)cc1. The lowest BCUT2D eigenvalue weighted by molar-refractivity contribution is -0.144. The Kier molecular flexibility index (Phi) is 20.8. The number of aliphatic hydroxyl groups is 1. The number of fused-ring (bicyclic) bond motifs is 2. The summed E-state index contributed by atoms with van der Waals surface area (Å²) < 4.78 is 86.1. The Hall–Kier alpha value is -6.54. The number of unbranched alkanes of at least 4 members (excludes halogenated alkanes) is 4. The van der Waals surface area contributed by atoms with E-state index in [4.69, 9.17) is 13.9 Å². The zero-order valence-electron chi connectivity index (χ0n) is 51.3. The second kappa shape index (κ2) is 27.9. The molecule has 3 heterocycles. The van der Waals surface area contributed by atoms with Crippen LogP contribution < -0.4 is 25.7 Å². The van der Waals surface area contributed by atoms with Crippen molar-refractivity contribution in [2.24, 2.45) is 5.41 Å². The first kappa shape index (κ1) is 64.9. The Morgan fingerprint density at radius 3 is 2.07 bits per heavy atom. The number of benzene rings is 5. The summed E-state index contributed by atoms with van der Waals surface area (Å²) in [6.45, 7) is 14.1. The van der Waals surface area contributed by atoms with E-state index in [0.29, 0.717) is 37.9 Å². The van der Waals surface area contributed by atoms with Gasteiger partial charge in [-0.3, -0.25) is 19.3 Å². The predicted octanol–water partition coefficient (Wildman–Crippen LogP) is 11.9. The highest BCUT2D eigenvalue weighted by molar-refractivity contribution is 7.13. The largest absolute Gasteiger partial charge is 0.493 e. The van der Waals surface area contributed by atoms with E-state index in [1.807, 2.05) is 165 Å². The van der Waals surface area contributed by atoms with Crippen molar-refractivity contribution in [2.75, 3.05) is 39.5 Å². The highest BCUT2D eigenvalue weighted by Gasteiger charge is 2.53. The van der Waals surface area contributed by atoms with Gasteiger partial charge in [0, 0.05) is 49.9 Å². The summed E-state index contributed by atoms with van der Waals surface area (Å²) in [6, 6.07) is 33.7. The summed E-state index contributed by atoms with van der Waals surface area (Å²) in [6.07, 6.45) is 3.60. The number of likely N-dealkylation sites (tertiary alicyclic amines) is 1. The molecule has 18 heteroatoms. The van der Waals surface area contributed by atoms with Gasteiger partial charge in [0.2, 0.25) is 17.7 Å². The molecule has 0 spiro atoms. The van der Waals surface area contributed by atoms with Crippen molar-refractivity contribution in [3.63, 3.8) is 0 Å². The number of ether oxygens (including phenoxy) is 2. The maximum absolute atomic E-state index is 17.1. The summed E-state index contributed by atoms with van der Waals surface area (Å²) in [5.41, 5.74) is 7.29. The predicted molar refractivity (Wildman–Crippen MR) is 337 cm³/mol. The molecule has 5 aromatic carbocycles. The lowest BCUT2D eigenvalue weighted by Crippen LogP contribution is -2.67. The number of alkyl halides is 2. The van der Waals surface area contributed by atoms with Crippen LogP contribution in [0.1, 0.15) is 127 Å². The molecule has 1 saturated heterocycles. The van der Waals surface area contributed by atoms with E-state index in [1.54, 1.807) is 21.7 Å². The summed E-state index contributed by atoms with van der Waals surface area (Å²) in [5.74, 6) is -6.47. The number of carbonyl (C=O) groups is 3. The highest BCUT2D eigenvalue weighted by atomic mass is 32.1. The number of amides is 3. The zero-order chi connectivity index (χ0) is 62.3. The first-order valence-electron chi connectivity index (χ1n) is 30.4. The number of halogens is 4. The van der Waals surface area contributed by atoms with Crippen molar-refractivity contribution in [1.29, 1.82) is 0 Å². The number of hydrogen-bond acceptors (Lipinski definition) is 10. The molecule has 6 aromatic rings. The van der Waals surface area contributed by atoms with Gasteiger partial charge in [0.15, 0.2) is 0 Å². The number of carbonyl (C=O) groups excluding carboxylic acids is 3. The third kappa shape index (κ3) is 15.1. The van der Waals surface area contributed by atoms with Crippen LogP contribution in [0.3, 0.4) is 0 Å². The van der Waals surface area contributed by atoms with Gasteiger partial charge in [-0.15, -0.1) is 11.3 Å². The topological polar surface area (TPSA) is 143 Å². The van der Waals surface area contributed by atoms with E-state index >= 15 is 17.6 Å². The Balaban J connectivity index is 0.749. The van der Waals surface area contributed by atoms with Crippen molar-refractivity contribution in [1.82, 2.24) is 25.4 Å². The quantitative estimate of drug-likeness (QED) is 0.0290. The third-order valence-corrected chi connectivity index (χ3v) is 23.1. The fourth-order valence-electron chi connectivity index (χ4n) is 12.8. The van der Waals surface area contributed by atoms with E-state index in [9.17, 15) is 19.5 Å². The molecular weight excluding hydrogens is 1150 g/mol. The molecule has 0 saturated carbocycles. The van der Waals surface area contributed by atoms with E-state index in [1.165, 1.54) is 4.90 Å². The second-order valence-corrected chi connectivity index (χ2v) is 30.8. The minimum Gasteiger partial charge on any atom is -0.493 e. The van der Waals surface area contributed by atoms with Crippen LogP contribution in [0.5, 0.6) is 5.75 Å². The number of aliphatic hydroxyl groups excluding tert-OH is 1. The number of rotatable bonds is 25. The van der Waals surface area contributed by atoms with Crippen LogP contribution in [0, 0.1) is 24.0 Å². The molecule has 1 fully saturated rings. The highest BCUT2D eigenvalue weighted by Crippen LogP contribution is 2.51. The van der Waals surface area contributed by atoms with Crippen LogP contribution in [0.25, 0.3) is 16.0 Å². The molecule has 0 unspecified atom stereocenters. The first-order chi connectivity index (χ1) is 41.5. The molecule has 1 aliphatic carbocycles. The van der Waals surface area contributed by atoms with E-state index in [-0.39, 0.29) is 44.0 Å². The first-order valence-corrected chi connectivity index (χ1v) is 33.2. The molecular formula is C69H83F4N5O7SSi. The molecule has 0 bridgehead atoms. The van der Waals surface area contributed by atoms with E-state index < -0.39 is 97.5 Å². The van der Waals surface area contributed by atoms with Crippen molar-refractivity contribution in [3.05, 3.63) is 172 Å². The van der Waals surface area contributed by atoms with E-state index in [2.05, 4.69) is 15.6 Å². The van der Waals surface area contributed by atoms with Crippen molar-refractivity contribution < 1.29 is 51.0 Å². The van der Waals surface area contributed by atoms with Crippen molar-refractivity contribution in [3.8, 4) is 16.2 Å². The van der Waals surface area contributed by atoms with Crippen LogP contribution in [0.4, 0.5) is 17.6 Å². The van der Waals surface area contributed by atoms with Crippen LogP contribution in [-0.4, -0.2) is 116 Å². The fourth-order valence-corrected chi connectivity index (χ4v) is 18.2. The molecule has 12 nitrogen and oxygen atoms in total. The van der Waals surface area contributed by atoms with Crippen LogP contribution in [-0.2, 0) is 36.5 Å².